The zero-order chi connectivity index (χ0) is 23.3. The van der Waals surface area contributed by atoms with Gasteiger partial charge >= 0.3 is 0 Å². The van der Waals surface area contributed by atoms with Crippen LogP contribution in [0.25, 0.3) is 6.08 Å². The molecule has 1 aromatic rings. The fraction of sp³-hybridized carbons (Fsp3) is 0.565. The molecule has 3 heterocycles. The molecule has 9 heteroatoms. The molecule has 32 heavy (non-hydrogen) atoms. The number of anilines is 1. The van der Waals surface area contributed by atoms with Gasteiger partial charge < -0.3 is 9.64 Å². The van der Waals surface area contributed by atoms with Crippen molar-refractivity contribution in [2.45, 2.75) is 53.0 Å². The standard InChI is InChI=1S/C23H30N4O3S2/c1-4-6-8-26-20(25-10-12-30-13-11-25)17(16(3)18(15-24)21(26)28)14-19-22(29)27(9-7-5-2)23(31)32-19/h14H,4-13H2,1-3H3/b19-14+. The zero-order valence-corrected chi connectivity index (χ0v) is 20.6. The van der Waals surface area contributed by atoms with E-state index < -0.39 is 0 Å². The zero-order valence-electron chi connectivity index (χ0n) is 19.0. The van der Waals surface area contributed by atoms with Gasteiger partial charge in [-0.15, -0.1) is 0 Å². The van der Waals surface area contributed by atoms with Gasteiger partial charge in [0.05, 0.1) is 18.1 Å². The molecule has 0 aliphatic carbocycles. The minimum Gasteiger partial charge on any atom is -0.378 e. The van der Waals surface area contributed by atoms with E-state index in [4.69, 9.17) is 17.0 Å². The minimum absolute atomic E-state index is 0.106. The van der Waals surface area contributed by atoms with E-state index in [-0.39, 0.29) is 17.0 Å². The highest BCUT2D eigenvalue weighted by Crippen LogP contribution is 2.36. The smallest absolute Gasteiger partial charge is 0.270 e. The van der Waals surface area contributed by atoms with Crippen LogP contribution in [0, 0.1) is 18.3 Å². The lowest BCUT2D eigenvalue weighted by atomic mass is 10.0. The summed E-state index contributed by atoms with van der Waals surface area (Å²) in [4.78, 5) is 30.6. The van der Waals surface area contributed by atoms with Crippen molar-refractivity contribution >= 4 is 46.1 Å². The van der Waals surface area contributed by atoms with Gasteiger partial charge in [0.15, 0.2) is 0 Å². The highest BCUT2D eigenvalue weighted by Gasteiger charge is 2.33. The van der Waals surface area contributed by atoms with Gasteiger partial charge in [0.2, 0.25) is 0 Å². The van der Waals surface area contributed by atoms with Gasteiger partial charge in [-0.25, -0.2) is 0 Å². The second-order valence-corrected chi connectivity index (χ2v) is 9.62. The lowest BCUT2D eigenvalue weighted by molar-refractivity contribution is -0.122. The van der Waals surface area contributed by atoms with E-state index >= 15 is 0 Å². The van der Waals surface area contributed by atoms with Gasteiger partial charge in [-0.2, -0.15) is 5.26 Å². The Kier molecular flexibility index (Phi) is 8.51. The number of nitriles is 1. The van der Waals surface area contributed by atoms with E-state index in [1.54, 1.807) is 16.4 Å². The second kappa shape index (κ2) is 11.1. The number of thioether (sulfide) groups is 1. The highest BCUT2D eigenvalue weighted by molar-refractivity contribution is 8.26. The third kappa shape index (κ3) is 4.92. The van der Waals surface area contributed by atoms with E-state index in [0.717, 1.165) is 37.1 Å². The van der Waals surface area contributed by atoms with E-state index in [1.165, 1.54) is 11.8 Å². The molecule has 2 saturated heterocycles. The Hall–Kier alpha value is -2.15. The summed E-state index contributed by atoms with van der Waals surface area (Å²) >= 11 is 6.75. The summed E-state index contributed by atoms with van der Waals surface area (Å²) in [6, 6.07) is 2.10. The van der Waals surface area contributed by atoms with Crippen molar-refractivity contribution in [2.24, 2.45) is 0 Å². The molecule has 1 aromatic heterocycles. The molecule has 0 saturated carbocycles. The van der Waals surface area contributed by atoms with Crippen molar-refractivity contribution in [3.8, 4) is 6.07 Å². The Balaban J connectivity index is 2.18. The minimum atomic E-state index is -0.271. The molecule has 0 aromatic carbocycles. The Bertz CT molecular complexity index is 1020. The van der Waals surface area contributed by atoms with Crippen LogP contribution in [-0.4, -0.2) is 52.5 Å². The molecule has 172 valence electrons. The molecule has 2 fully saturated rings. The first-order chi connectivity index (χ1) is 15.4. The highest BCUT2D eigenvalue weighted by atomic mass is 32.2. The monoisotopic (exact) mass is 474 g/mol. The predicted octanol–water partition coefficient (Wildman–Crippen LogP) is 3.67. The van der Waals surface area contributed by atoms with Crippen LogP contribution in [0.1, 0.15) is 56.2 Å². The number of thiocarbonyl (C=S) groups is 1. The van der Waals surface area contributed by atoms with Crippen LogP contribution in [0.15, 0.2) is 9.70 Å². The first kappa shape index (κ1) is 24.5. The van der Waals surface area contributed by atoms with Crippen LogP contribution in [0.5, 0.6) is 0 Å². The van der Waals surface area contributed by atoms with E-state index in [9.17, 15) is 14.9 Å². The van der Waals surface area contributed by atoms with E-state index in [2.05, 4.69) is 24.8 Å². The van der Waals surface area contributed by atoms with Crippen molar-refractivity contribution in [3.63, 3.8) is 0 Å². The molecule has 0 spiro atoms. The summed E-state index contributed by atoms with van der Waals surface area (Å²) in [6.45, 7) is 9.50. The van der Waals surface area contributed by atoms with Crippen LogP contribution < -0.4 is 10.5 Å². The molecular formula is C23H30N4O3S2. The number of pyridine rings is 1. The largest absolute Gasteiger partial charge is 0.378 e. The number of amides is 1. The number of hydrogen-bond acceptors (Lipinski definition) is 7. The van der Waals surface area contributed by atoms with Crippen LogP contribution in [0.2, 0.25) is 0 Å². The molecular weight excluding hydrogens is 444 g/mol. The Morgan fingerprint density at radius 3 is 2.44 bits per heavy atom. The predicted molar refractivity (Wildman–Crippen MR) is 133 cm³/mol. The van der Waals surface area contributed by atoms with Crippen LogP contribution in [0.3, 0.4) is 0 Å². The molecule has 0 bridgehead atoms. The average molecular weight is 475 g/mol. The molecule has 7 nitrogen and oxygen atoms in total. The number of ether oxygens (including phenoxy) is 1. The van der Waals surface area contributed by atoms with Crippen LogP contribution >= 0.6 is 24.0 Å². The maximum atomic E-state index is 13.2. The van der Waals surface area contributed by atoms with E-state index in [1.807, 2.05) is 6.08 Å². The van der Waals surface area contributed by atoms with Crippen LogP contribution in [0.4, 0.5) is 5.82 Å². The summed E-state index contributed by atoms with van der Waals surface area (Å²) in [5.74, 6) is 0.660. The maximum Gasteiger partial charge on any atom is 0.270 e. The summed E-state index contributed by atoms with van der Waals surface area (Å²) in [6.07, 6.45) is 5.44. The van der Waals surface area contributed by atoms with Gasteiger partial charge in [-0.05, 0) is 31.4 Å². The molecule has 0 radical (unpaired) electrons. The van der Waals surface area contributed by atoms with Crippen molar-refractivity contribution < 1.29 is 9.53 Å². The number of morpholine rings is 1. The number of unbranched alkanes of at least 4 members (excludes halogenated alkanes) is 2. The number of nitrogens with zero attached hydrogens (tertiary/aromatic N) is 4. The molecule has 0 unspecified atom stereocenters. The topological polar surface area (TPSA) is 78.6 Å². The molecule has 2 aliphatic heterocycles. The number of carbonyl (C=O) groups is 1. The van der Waals surface area contributed by atoms with Gasteiger partial charge in [0, 0.05) is 31.7 Å². The van der Waals surface area contributed by atoms with Crippen LogP contribution in [-0.2, 0) is 16.1 Å². The molecule has 2 aliphatic rings. The fourth-order valence-electron chi connectivity index (χ4n) is 3.92. The number of carbonyl (C=O) groups excluding carboxylic acids is 1. The lowest BCUT2D eigenvalue weighted by Gasteiger charge is -2.33. The molecule has 0 N–H and O–H groups in total. The van der Waals surface area contributed by atoms with Gasteiger partial charge in [-0.1, -0.05) is 50.7 Å². The normalized spacial score (nSPS) is 18.0. The number of rotatable bonds is 8. The van der Waals surface area contributed by atoms with Gasteiger partial charge in [-0.3, -0.25) is 19.1 Å². The third-order valence-corrected chi connectivity index (χ3v) is 7.15. The number of aromatic nitrogens is 1. The molecule has 1 amide bonds. The van der Waals surface area contributed by atoms with Crippen molar-refractivity contribution in [2.75, 3.05) is 37.7 Å². The Labute approximate surface area is 199 Å². The summed E-state index contributed by atoms with van der Waals surface area (Å²) < 4.78 is 7.79. The Morgan fingerprint density at radius 1 is 1.16 bits per heavy atom. The summed E-state index contributed by atoms with van der Waals surface area (Å²) in [5.41, 5.74) is 1.21. The number of hydrogen-bond donors (Lipinski definition) is 0. The summed E-state index contributed by atoms with van der Waals surface area (Å²) in [7, 11) is 0. The SMILES string of the molecule is CCCCN1C(=O)/C(=C\c2c(C)c(C#N)c(=O)n(CCCC)c2N2CCOCC2)SC1=S. The van der Waals surface area contributed by atoms with E-state index in [0.29, 0.717) is 54.2 Å². The summed E-state index contributed by atoms with van der Waals surface area (Å²) in [5, 5.41) is 9.75. The Morgan fingerprint density at radius 2 is 1.81 bits per heavy atom. The van der Waals surface area contributed by atoms with Crippen molar-refractivity contribution in [3.05, 3.63) is 31.9 Å². The molecule has 0 atom stereocenters. The quantitative estimate of drug-likeness (QED) is 0.420. The first-order valence-electron chi connectivity index (χ1n) is 11.2. The first-order valence-corrected chi connectivity index (χ1v) is 12.4. The average Bonchev–Trinajstić information content (AvgIpc) is 3.06. The van der Waals surface area contributed by atoms with Crippen molar-refractivity contribution in [1.82, 2.24) is 9.47 Å². The van der Waals surface area contributed by atoms with Gasteiger partial charge in [0.25, 0.3) is 11.5 Å². The maximum absolute atomic E-state index is 13.2. The lowest BCUT2D eigenvalue weighted by Crippen LogP contribution is -2.41. The van der Waals surface area contributed by atoms with Crippen molar-refractivity contribution in [1.29, 1.82) is 5.26 Å². The second-order valence-electron chi connectivity index (χ2n) is 7.95. The fourth-order valence-corrected chi connectivity index (χ4v) is 5.21. The third-order valence-electron chi connectivity index (χ3n) is 5.78. The van der Waals surface area contributed by atoms with Gasteiger partial charge in [0.1, 0.15) is 21.8 Å². The molecule has 3 rings (SSSR count).